The number of rotatable bonds is 8. The smallest absolute Gasteiger partial charge is 0.261 e. The molecule has 6 heteroatoms. The Morgan fingerprint density at radius 1 is 0.867 bits per heavy atom. The van der Waals surface area contributed by atoms with Crippen molar-refractivity contribution >= 4 is 11.7 Å². The molecular formula is C24H22FNO4. The van der Waals surface area contributed by atoms with Gasteiger partial charge in [0.15, 0.2) is 11.9 Å². The van der Waals surface area contributed by atoms with Crippen LogP contribution in [0.25, 0.3) is 0 Å². The molecule has 0 aromatic heterocycles. The maximum absolute atomic E-state index is 13.0. The zero-order valence-corrected chi connectivity index (χ0v) is 16.7. The monoisotopic (exact) mass is 407 g/mol. The number of benzene rings is 3. The van der Waals surface area contributed by atoms with Crippen LogP contribution in [0, 0.1) is 5.82 Å². The predicted molar refractivity (Wildman–Crippen MR) is 111 cm³/mol. The summed E-state index contributed by atoms with van der Waals surface area (Å²) in [5, 5.41) is 2.82. The molecule has 0 aliphatic carbocycles. The van der Waals surface area contributed by atoms with E-state index < -0.39 is 11.9 Å². The van der Waals surface area contributed by atoms with Crippen molar-refractivity contribution in [2.75, 3.05) is 7.11 Å². The molecule has 1 atom stereocenters. The van der Waals surface area contributed by atoms with Crippen molar-refractivity contribution < 1.29 is 23.5 Å². The number of ether oxygens (including phenoxy) is 2. The topological polar surface area (TPSA) is 64.6 Å². The normalized spacial score (nSPS) is 11.4. The SMILES string of the molecule is COc1ccc(CNC(=O)[C@@H](C)Oc2ccc(C(=O)c3ccc(F)cc3)cc2)cc1. The van der Waals surface area contributed by atoms with Gasteiger partial charge in [-0.3, -0.25) is 9.59 Å². The van der Waals surface area contributed by atoms with E-state index in [-0.39, 0.29) is 11.7 Å². The van der Waals surface area contributed by atoms with E-state index >= 15 is 0 Å². The Kier molecular flexibility index (Phi) is 6.80. The second kappa shape index (κ2) is 9.69. The lowest BCUT2D eigenvalue weighted by Crippen LogP contribution is -2.35. The number of halogens is 1. The Morgan fingerprint density at radius 2 is 1.40 bits per heavy atom. The lowest BCUT2D eigenvalue weighted by atomic mass is 10.0. The van der Waals surface area contributed by atoms with Gasteiger partial charge in [-0.05, 0) is 73.2 Å². The van der Waals surface area contributed by atoms with Crippen molar-refractivity contribution in [3.63, 3.8) is 0 Å². The molecule has 30 heavy (non-hydrogen) atoms. The van der Waals surface area contributed by atoms with Crippen LogP contribution in [0.5, 0.6) is 11.5 Å². The van der Waals surface area contributed by atoms with Crippen molar-refractivity contribution in [2.45, 2.75) is 19.6 Å². The summed E-state index contributed by atoms with van der Waals surface area (Å²) in [5.74, 6) is 0.361. The molecule has 3 rings (SSSR count). The van der Waals surface area contributed by atoms with Crippen molar-refractivity contribution in [3.05, 3.63) is 95.3 Å². The van der Waals surface area contributed by atoms with Gasteiger partial charge >= 0.3 is 0 Å². The Labute approximate surface area is 174 Å². The van der Waals surface area contributed by atoms with Gasteiger partial charge in [0.25, 0.3) is 5.91 Å². The van der Waals surface area contributed by atoms with Gasteiger partial charge in [-0.25, -0.2) is 4.39 Å². The molecule has 0 radical (unpaired) electrons. The second-order valence-electron chi connectivity index (χ2n) is 6.69. The summed E-state index contributed by atoms with van der Waals surface area (Å²) >= 11 is 0. The average molecular weight is 407 g/mol. The third kappa shape index (κ3) is 5.44. The molecule has 0 fully saturated rings. The van der Waals surface area contributed by atoms with Crippen LogP contribution in [-0.2, 0) is 11.3 Å². The zero-order chi connectivity index (χ0) is 21.5. The van der Waals surface area contributed by atoms with Gasteiger partial charge in [0.05, 0.1) is 7.11 Å². The molecule has 3 aromatic carbocycles. The minimum Gasteiger partial charge on any atom is -0.497 e. The zero-order valence-electron chi connectivity index (χ0n) is 16.7. The van der Waals surface area contributed by atoms with Crippen LogP contribution in [-0.4, -0.2) is 24.9 Å². The van der Waals surface area contributed by atoms with Crippen LogP contribution in [0.15, 0.2) is 72.8 Å². The van der Waals surface area contributed by atoms with Crippen molar-refractivity contribution in [1.82, 2.24) is 5.32 Å². The maximum atomic E-state index is 13.0. The number of carbonyl (C=O) groups excluding carboxylic acids is 2. The van der Waals surface area contributed by atoms with E-state index in [4.69, 9.17) is 9.47 Å². The molecule has 1 N–H and O–H groups in total. The van der Waals surface area contributed by atoms with E-state index in [0.717, 1.165) is 11.3 Å². The fourth-order valence-corrected chi connectivity index (χ4v) is 2.79. The highest BCUT2D eigenvalue weighted by Crippen LogP contribution is 2.17. The van der Waals surface area contributed by atoms with Gasteiger partial charge in [0.2, 0.25) is 0 Å². The molecule has 3 aromatic rings. The minimum atomic E-state index is -0.707. The van der Waals surface area contributed by atoms with Gasteiger partial charge in [0.1, 0.15) is 17.3 Å². The van der Waals surface area contributed by atoms with Crippen LogP contribution in [0.1, 0.15) is 28.4 Å². The third-order valence-corrected chi connectivity index (χ3v) is 4.53. The Morgan fingerprint density at radius 3 is 1.97 bits per heavy atom. The molecule has 0 saturated carbocycles. The van der Waals surface area contributed by atoms with E-state index in [0.29, 0.717) is 23.4 Å². The summed E-state index contributed by atoms with van der Waals surface area (Å²) in [6.07, 6.45) is -0.707. The summed E-state index contributed by atoms with van der Waals surface area (Å²) in [5.41, 5.74) is 1.79. The molecule has 1 amide bonds. The van der Waals surface area contributed by atoms with Gasteiger partial charge in [0, 0.05) is 17.7 Å². The Balaban J connectivity index is 1.54. The molecule has 0 bridgehead atoms. The molecule has 0 unspecified atom stereocenters. The summed E-state index contributed by atoms with van der Waals surface area (Å²) in [6, 6.07) is 19.3. The first-order chi connectivity index (χ1) is 14.5. The number of ketones is 1. The fourth-order valence-electron chi connectivity index (χ4n) is 2.79. The first kappa shape index (κ1) is 21.0. The van der Waals surface area contributed by atoms with Crippen LogP contribution >= 0.6 is 0 Å². The molecule has 154 valence electrons. The van der Waals surface area contributed by atoms with Crippen LogP contribution in [0.2, 0.25) is 0 Å². The van der Waals surface area contributed by atoms with Gasteiger partial charge in [-0.15, -0.1) is 0 Å². The van der Waals surface area contributed by atoms with Gasteiger partial charge < -0.3 is 14.8 Å². The molecular weight excluding hydrogens is 385 g/mol. The average Bonchev–Trinajstić information content (AvgIpc) is 2.78. The highest BCUT2D eigenvalue weighted by Gasteiger charge is 2.15. The summed E-state index contributed by atoms with van der Waals surface area (Å²) < 4.78 is 23.8. The van der Waals surface area contributed by atoms with Gasteiger partial charge in [-0.1, -0.05) is 12.1 Å². The number of methoxy groups -OCH3 is 1. The van der Waals surface area contributed by atoms with E-state index in [2.05, 4.69) is 5.32 Å². The molecule has 0 aliphatic rings. The van der Waals surface area contributed by atoms with Crippen molar-refractivity contribution in [1.29, 1.82) is 0 Å². The largest absolute Gasteiger partial charge is 0.497 e. The standard InChI is InChI=1S/C24H22FNO4/c1-16(24(28)26-15-17-3-11-21(29-2)12-4-17)30-22-13-7-19(8-14-22)23(27)18-5-9-20(25)10-6-18/h3-14,16H,15H2,1-2H3,(H,26,28)/t16-/m1/s1. The van der Waals surface area contributed by atoms with E-state index in [1.165, 1.54) is 24.3 Å². The van der Waals surface area contributed by atoms with Gasteiger partial charge in [-0.2, -0.15) is 0 Å². The first-order valence-corrected chi connectivity index (χ1v) is 9.44. The highest BCUT2D eigenvalue weighted by atomic mass is 19.1. The van der Waals surface area contributed by atoms with Crippen LogP contribution < -0.4 is 14.8 Å². The van der Waals surface area contributed by atoms with E-state index in [1.807, 2.05) is 24.3 Å². The summed E-state index contributed by atoms with van der Waals surface area (Å²) in [4.78, 5) is 24.7. The van der Waals surface area contributed by atoms with Crippen LogP contribution in [0.3, 0.4) is 0 Å². The molecule has 0 heterocycles. The number of hydrogen-bond acceptors (Lipinski definition) is 4. The third-order valence-electron chi connectivity index (χ3n) is 4.53. The van der Waals surface area contributed by atoms with E-state index in [9.17, 15) is 14.0 Å². The Bertz CT molecular complexity index is 999. The molecule has 0 saturated heterocycles. The number of hydrogen-bond donors (Lipinski definition) is 1. The molecule has 0 aliphatic heterocycles. The lowest BCUT2D eigenvalue weighted by molar-refractivity contribution is -0.127. The lowest BCUT2D eigenvalue weighted by Gasteiger charge is -2.15. The number of nitrogens with one attached hydrogen (secondary N) is 1. The maximum Gasteiger partial charge on any atom is 0.261 e. The quantitative estimate of drug-likeness (QED) is 0.570. The van der Waals surface area contributed by atoms with Crippen molar-refractivity contribution in [3.8, 4) is 11.5 Å². The molecule has 0 spiro atoms. The highest BCUT2D eigenvalue weighted by molar-refractivity contribution is 6.09. The molecule has 5 nitrogen and oxygen atoms in total. The van der Waals surface area contributed by atoms with Crippen LogP contribution in [0.4, 0.5) is 4.39 Å². The van der Waals surface area contributed by atoms with Crippen molar-refractivity contribution in [2.24, 2.45) is 0 Å². The predicted octanol–water partition coefficient (Wildman–Crippen LogP) is 4.15. The summed E-state index contributed by atoms with van der Waals surface area (Å²) in [6.45, 7) is 2.03. The van der Waals surface area contributed by atoms with E-state index in [1.54, 1.807) is 38.3 Å². The minimum absolute atomic E-state index is 0.216. The Hall–Kier alpha value is -3.67. The second-order valence-corrected chi connectivity index (χ2v) is 6.69. The summed E-state index contributed by atoms with van der Waals surface area (Å²) in [7, 11) is 1.60. The number of carbonyl (C=O) groups is 2. The number of amides is 1. The first-order valence-electron chi connectivity index (χ1n) is 9.44. The fraction of sp³-hybridized carbons (Fsp3) is 0.167.